The van der Waals surface area contributed by atoms with Crippen LogP contribution in [0.15, 0.2) is 41.3 Å². The first kappa shape index (κ1) is 17.4. The molecule has 0 aliphatic heterocycles. The Morgan fingerprint density at radius 1 is 1.21 bits per heavy atom. The van der Waals surface area contributed by atoms with Crippen molar-refractivity contribution in [1.29, 1.82) is 0 Å². The van der Waals surface area contributed by atoms with Gasteiger partial charge in [0, 0.05) is 4.90 Å². The topological polar surface area (TPSA) is 54.0 Å². The van der Waals surface area contributed by atoms with Crippen LogP contribution < -0.4 is 10.9 Å². The van der Waals surface area contributed by atoms with Gasteiger partial charge in [0.05, 0.1) is 20.5 Å². The first-order valence-electron chi connectivity index (χ1n) is 7.02. The van der Waals surface area contributed by atoms with Gasteiger partial charge >= 0.3 is 0 Å². The van der Waals surface area contributed by atoms with Gasteiger partial charge < -0.3 is 0 Å². The Hall–Kier alpha value is -1.47. The number of nitrogens with one attached hydrogen (secondary N) is 2. The molecule has 1 heterocycles. The van der Waals surface area contributed by atoms with E-state index in [1.807, 2.05) is 37.3 Å². The van der Waals surface area contributed by atoms with Crippen LogP contribution in [0, 0.1) is 6.92 Å². The first-order valence-corrected chi connectivity index (χ1v) is 9.57. The smallest absolute Gasteiger partial charge is 0.248 e. The molecule has 0 aliphatic carbocycles. The molecule has 0 saturated heterocycles. The van der Waals surface area contributed by atoms with E-state index in [1.54, 1.807) is 6.07 Å². The summed E-state index contributed by atoms with van der Waals surface area (Å²) in [4.78, 5) is 17.3. The van der Waals surface area contributed by atoms with Crippen molar-refractivity contribution in [2.45, 2.75) is 11.8 Å². The van der Waals surface area contributed by atoms with E-state index in [9.17, 15) is 4.79 Å². The van der Waals surface area contributed by atoms with Crippen LogP contribution in [0.5, 0.6) is 0 Å². The number of hydrogen-bond donors (Lipinski definition) is 2. The predicted molar refractivity (Wildman–Crippen MR) is 103 cm³/mol. The van der Waals surface area contributed by atoms with Crippen LogP contribution >= 0.6 is 46.3 Å². The van der Waals surface area contributed by atoms with Crippen LogP contribution in [-0.4, -0.2) is 16.6 Å². The lowest BCUT2D eigenvalue weighted by molar-refractivity contribution is -0.118. The Balaban J connectivity index is 1.56. The van der Waals surface area contributed by atoms with E-state index in [-0.39, 0.29) is 5.91 Å². The molecule has 0 spiro atoms. The van der Waals surface area contributed by atoms with E-state index in [1.165, 1.54) is 28.7 Å². The molecule has 8 heteroatoms. The van der Waals surface area contributed by atoms with Gasteiger partial charge in [-0.1, -0.05) is 52.2 Å². The van der Waals surface area contributed by atoms with Crippen LogP contribution in [0.4, 0.5) is 5.13 Å². The number of benzene rings is 2. The van der Waals surface area contributed by atoms with Gasteiger partial charge in [0.1, 0.15) is 5.52 Å². The summed E-state index contributed by atoms with van der Waals surface area (Å²) < 4.78 is 0.898. The maximum atomic E-state index is 11.9. The Morgan fingerprint density at radius 3 is 2.71 bits per heavy atom. The second kappa shape index (κ2) is 7.61. The number of carbonyl (C=O) groups is 1. The minimum Gasteiger partial charge on any atom is -0.273 e. The molecule has 0 saturated carbocycles. The molecule has 0 atom stereocenters. The van der Waals surface area contributed by atoms with Crippen LogP contribution in [0.3, 0.4) is 0 Å². The molecule has 124 valence electrons. The Kier molecular flexibility index (Phi) is 5.50. The number of thioether (sulfide) groups is 1. The number of fused-ring (bicyclic) bond motifs is 1. The summed E-state index contributed by atoms with van der Waals surface area (Å²) in [5, 5.41) is 1.43. The molecule has 1 amide bonds. The Labute approximate surface area is 157 Å². The molecule has 0 radical (unpaired) electrons. The Morgan fingerprint density at radius 2 is 1.96 bits per heavy atom. The zero-order chi connectivity index (χ0) is 17.1. The number of carbonyl (C=O) groups excluding carboxylic acids is 1. The molecule has 24 heavy (non-hydrogen) atoms. The van der Waals surface area contributed by atoms with Crippen molar-refractivity contribution in [1.82, 2.24) is 10.4 Å². The predicted octanol–water partition coefficient (Wildman–Crippen LogP) is 5.15. The summed E-state index contributed by atoms with van der Waals surface area (Å²) in [5.41, 5.74) is 7.28. The third-order valence-electron chi connectivity index (χ3n) is 3.15. The van der Waals surface area contributed by atoms with Gasteiger partial charge in [-0.25, -0.2) is 4.98 Å². The summed E-state index contributed by atoms with van der Waals surface area (Å²) in [6.07, 6.45) is 0. The van der Waals surface area contributed by atoms with Gasteiger partial charge in [-0.2, -0.15) is 0 Å². The molecule has 1 aromatic heterocycles. The van der Waals surface area contributed by atoms with Crippen molar-refractivity contribution >= 4 is 67.6 Å². The molecule has 2 N–H and O–H groups in total. The number of hydrogen-bond acceptors (Lipinski definition) is 5. The number of thiazole rings is 1. The molecule has 4 nitrogen and oxygen atoms in total. The second-order valence-electron chi connectivity index (χ2n) is 5.00. The van der Waals surface area contributed by atoms with E-state index >= 15 is 0 Å². The molecular formula is C16H13Cl2N3OS2. The van der Waals surface area contributed by atoms with Crippen LogP contribution in [0.1, 0.15) is 5.56 Å². The van der Waals surface area contributed by atoms with E-state index in [4.69, 9.17) is 23.2 Å². The van der Waals surface area contributed by atoms with Crippen molar-refractivity contribution in [2.75, 3.05) is 11.2 Å². The van der Waals surface area contributed by atoms with Crippen molar-refractivity contribution in [3.8, 4) is 0 Å². The Bertz CT molecular complexity index is 881. The molecule has 3 aromatic rings. The second-order valence-corrected chi connectivity index (χ2v) is 7.87. The number of aromatic nitrogens is 1. The fourth-order valence-corrected chi connectivity index (χ4v) is 3.88. The van der Waals surface area contributed by atoms with E-state index in [0.29, 0.717) is 26.4 Å². The summed E-state index contributed by atoms with van der Waals surface area (Å²) in [6, 6.07) is 11.6. The summed E-state index contributed by atoms with van der Waals surface area (Å²) >= 11 is 15.0. The highest BCUT2D eigenvalue weighted by atomic mass is 35.5. The van der Waals surface area contributed by atoms with Crippen LogP contribution in [-0.2, 0) is 4.79 Å². The van der Waals surface area contributed by atoms with E-state index in [2.05, 4.69) is 15.8 Å². The van der Waals surface area contributed by atoms with Gasteiger partial charge in [0.15, 0.2) is 0 Å². The fraction of sp³-hybridized carbons (Fsp3) is 0.125. The van der Waals surface area contributed by atoms with Gasteiger partial charge in [0.2, 0.25) is 11.0 Å². The zero-order valence-electron chi connectivity index (χ0n) is 12.6. The summed E-state index contributed by atoms with van der Waals surface area (Å²) in [7, 11) is 0. The van der Waals surface area contributed by atoms with Gasteiger partial charge in [0.25, 0.3) is 0 Å². The van der Waals surface area contributed by atoms with Gasteiger partial charge in [-0.3, -0.25) is 15.6 Å². The molecular weight excluding hydrogens is 385 g/mol. The minimum atomic E-state index is -0.135. The number of amides is 1. The number of rotatable bonds is 5. The third kappa shape index (κ3) is 4.13. The normalized spacial score (nSPS) is 10.8. The summed E-state index contributed by atoms with van der Waals surface area (Å²) in [5.74, 6) is 0.178. The lowest BCUT2D eigenvalue weighted by Crippen LogP contribution is -2.30. The number of hydrazine groups is 1. The number of aryl methyl sites for hydroxylation is 1. The quantitative estimate of drug-likeness (QED) is 0.461. The molecule has 0 bridgehead atoms. The highest BCUT2D eigenvalue weighted by molar-refractivity contribution is 8.00. The fourth-order valence-electron chi connectivity index (χ4n) is 1.93. The number of anilines is 1. The van der Waals surface area contributed by atoms with E-state index in [0.717, 1.165) is 9.60 Å². The van der Waals surface area contributed by atoms with E-state index < -0.39 is 0 Å². The average Bonchev–Trinajstić information content (AvgIpc) is 3.00. The molecule has 0 aliphatic rings. The maximum Gasteiger partial charge on any atom is 0.248 e. The van der Waals surface area contributed by atoms with Crippen molar-refractivity contribution in [3.05, 3.63) is 52.0 Å². The van der Waals surface area contributed by atoms with Crippen LogP contribution in [0.2, 0.25) is 10.0 Å². The lowest BCUT2D eigenvalue weighted by atomic mass is 10.2. The van der Waals surface area contributed by atoms with Gasteiger partial charge in [-0.15, -0.1) is 11.8 Å². The average molecular weight is 398 g/mol. The minimum absolute atomic E-state index is 0.135. The van der Waals surface area contributed by atoms with Crippen LogP contribution in [0.25, 0.3) is 10.2 Å². The zero-order valence-corrected chi connectivity index (χ0v) is 15.7. The van der Waals surface area contributed by atoms with Gasteiger partial charge in [-0.05, 0) is 31.2 Å². The largest absolute Gasteiger partial charge is 0.273 e. The number of halogens is 2. The third-order valence-corrected chi connectivity index (χ3v) is 5.89. The van der Waals surface area contributed by atoms with Crippen molar-refractivity contribution < 1.29 is 4.79 Å². The highest BCUT2D eigenvalue weighted by Crippen LogP contribution is 2.34. The highest BCUT2D eigenvalue weighted by Gasteiger charge is 2.10. The lowest BCUT2D eigenvalue weighted by Gasteiger charge is -2.05. The molecule has 2 aromatic carbocycles. The first-order chi connectivity index (χ1) is 11.5. The SMILES string of the molecule is Cc1ccc(SCC(=O)NNc2nc3c(Cl)c(Cl)ccc3s2)cc1. The monoisotopic (exact) mass is 397 g/mol. The molecule has 3 rings (SSSR count). The summed E-state index contributed by atoms with van der Waals surface area (Å²) in [6.45, 7) is 2.03. The molecule has 0 unspecified atom stereocenters. The van der Waals surface area contributed by atoms with Crippen molar-refractivity contribution in [2.24, 2.45) is 0 Å². The van der Waals surface area contributed by atoms with Crippen molar-refractivity contribution in [3.63, 3.8) is 0 Å². The molecule has 0 fully saturated rings. The standard InChI is InChI=1S/C16H13Cl2N3OS2/c1-9-2-4-10(5-3-9)23-8-13(22)20-21-16-19-15-12(24-16)7-6-11(17)14(15)18/h2-7H,8H2,1H3,(H,19,21)(H,20,22). The maximum absolute atomic E-state index is 11.9. The number of nitrogens with zero attached hydrogens (tertiary/aromatic N) is 1.